The quantitative estimate of drug-likeness (QED) is 0.648. The number of carbonyl (C=O) groups is 1. The van der Waals surface area contributed by atoms with Crippen LogP contribution in [0.5, 0.6) is 0 Å². The molecule has 0 saturated carbocycles. The van der Waals surface area contributed by atoms with Gasteiger partial charge in [-0.3, -0.25) is 4.79 Å². The average Bonchev–Trinajstić information content (AvgIpc) is 2.48. The molecule has 3 N–H and O–H groups in total. The summed E-state index contributed by atoms with van der Waals surface area (Å²) >= 11 is 0. The Kier molecular flexibility index (Phi) is 5.83. The number of anilines is 1. The lowest BCUT2D eigenvalue weighted by Gasteiger charge is -2.21. The predicted octanol–water partition coefficient (Wildman–Crippen LogP) is 0.897. The lowest BCUT2D eigenvalue weighted by molar-refractivity contribution is -0.120. The molecule has 0 unspecified atom stereocenters. The number of aryl methyl sites for hydroxylation is 1. The molecule has 0 aromatic heterocycles. The normalized spacial score (nSPS) is 13.4. The third-order valence-corrected chi connectivity index (χ3v) is 3.39. The second-order valence-electron chi connectivity index (χ2n) is 4.93. The minimum Gasteiger partial charge on any atom is -0.385 e. The average molecular weight is 277 g/mol. The Balaban J connectivity index is 1.78. The Hall–Kier alpha value is -1.59. The molecule has 1 heterocycles. The van der Waals surface area contributed by atoms with Gasteiger partial charge in [-0.05, 0) is 24.0 Å². The van der Waals surface area contributed by atoms with Gasteiger partial charge in [0.15, 0.2) is 0 Å². The van der Waals surface area contributed by atoms with Crippen molar-refractivity contribution in [3.8, 4) is 0 Å². The molecule has 0 atom stereocenters. The molecule has 1 aliphatic rings. The SMILES string of the molecule is COCCNC(=O)CNCc1cccc2c1NCCC2. The van der Waals surface area contributed by atoms with Crippen LogP contribution in [0.15, 0.2) is 18.2 Å². The number of para-hydroxylation sites is 1. The molecule has 0 spiro atoms. The van der Waals surface area contributed by atoms with Crippen molar-refractivity contribution >= 4 is 11.6 Å². The number of ether oxygens (including phenoxy) is 1. The van der Waals surface area contributed by atoms with Gasteiger partial charge < -0.3 is 20.7 Å². The lowest BCUT2D eigenvalue weighted by atomic mass is 9.99. The Bertz CT molecular complexity index is 449. The number of amides is 1. The highest BCUT2D eigenvalue weighted by Gasteiger charge is 2.12. The molecule has 2 rings (SSSR count). The van der Waals surface area contributed by atoms with Crippen LogP contribution in [-0.4, -0.2) is 39.3 Å². The fraction of sp³-hybridized carbons (Fsp3) is 0.533. The van der Waals surface area contributed by atoms with Crippen LogP contribution in [-0.2, 0) is 22.5 Å². The first kappa shape index (κ1) is 14.8. The van der Waals surface area contributed by atoms with E-state index in [9.17, 15) is 4.79 Å². The van der Waals surface area contributed by atoms with Gasteiger partial charge >= 0.3 is 0 Å². The Morgan fingerprint density at radius 3 is 3.20 bits per heavy atom. The summed E-state index contributed by atoms with van der Waals surface area (Å²) in [6, 6.07) is 6.36. The summed E-state index contributed by atoms with van der Waals surface area (Å²) in [6.07, 6.45) is 2.32. The molecule has 0 fully saturated rings. The summed E-state index contributed by atoms with van der Waals surface area (Å²) in [7, 11) is 1.62. The Morgan fingerprint density at radius 1 is 1.45 bits per heavy atom. The van der Waals surface area contributed by atoms with Crippen LogP contribution >= 0.6 is 0 Å². The van der Waals surface area contributed by atoms with Crippen LogP contribution in [0.2, 0.25) is 0 Å². The standard InChI is InChI=1S/C15H23N3O2/c1-20-9-8-17-14(19)11-16-10-13-5-2-4-12-6-3-7-18-15(12)13/h2,4-5,16,18H,3,6-11H2,1H3,(H,17,19). The zero-order chi connectivity index (χ0) is 14.2. The van der Waals surface area contributed by atoms with Gasteiger partial charge in [-0.25, -0.2) is 0 Å². The van der Waals surface area contributed by atoms with Crippen molar-refractivity contribution in [2.45, 2.75) is 19.4 Å². The lowest BCUT2D eigenvalue weighted by Crippen LogP contribution is -2.35. The molecule has 0 aliphatic carbocycles. The summed E-state index contributed by atoms with van der Waals surface area (Å²) < 4.78 is 4.88. The number of benzene rings is 1. The summed E-state index contributed by atoms with van der Waals surface area (Å²) in [5.41, 5.74) is 3.85. The molecule has 0 bridgehead atoms. The summed E-state index contributed by atoms with van der Waals surface area (Å²) in [5.74, 6) is -0.000178. The molecule has 0 saturated heterocycles. The first-order valence-electron chi connectivity index (χ1n) is 7.12. The molecule has 1 aliphatic heterocycles. The molecule has 1 aromatic carbocycles. The van der Waals surface area contributed by atoms with Crippen molar-refractivity contribution in [3.05, 3.63) is 29.3 Å². The maximum Gasteiger partial charge on any atom is 0.234 e. The molecule has 5 nitrogen and oxygen atoms in total. The number of hydrogen-bond acceptors (Lipinski definition) is 4. The van der Waals surface area contributed by atoms with E-state index in [-0.39, 0.29) is 5.91 Å². The highest BCUT2D eigenvalue weighted by Crippen LogP contribution is 2.25. The van der Waals surface area contributed by atoms with Crippen molar-refractivity contribution in [1.29, 1.82) is 0 Å². The Morgan fingerprint density at radius 2 is 2.35 bits per heavy atom. The zero-order valence-electron chi connectivity index (χ0n) is 12.0. The van der Waals surface area contributed by atoms with Crippen LogP contribution in [0.3, 0.4) is 0 Å². The van der Waals surface area contributed by atoms with E-state index in [0.717, 1.165) is 13.0 Å². The second kappa shape index (κ2) is 7.87. The van der Waals surface area contributed by atoms with Crippen molar-refractivity contribution in [3.63, 3.8) is 0 Å². The maximum atomic E-state index is 11.6. The van der Waals surface area contributed by atoms with Gasteiger partial charge in [0.2, 0.25) is 5.91 Å². The molecular weight excluding hydrogens is 254 g/mol. The monoisotopic (exact) mass is 277 g/mol. The topological polar surface area (TPSA) is 62.4 Å². The van der Waals surface area contributed by atoms with Gasteiger partial charge in [-0.1, -0.05) is 18.2 Å². The second-order valence-corrected chi connectivity index (χ2v) is 4.93. The first-order chi connectivity index (χ1) is 9.81. The molecule has 110 valence electrons. The third kappa shape index (κ3) is 4.21. The van der Waals surface area contributed by atoms with Gasteiger partial charge in [0.05, 0.1) is 13.2 Å². The van der Waals surface area contributed by atoms with E-state index in [1.54, 1.807) is 7.11 Å². The van der Waals surface area contributed by atoms with E-state index in [1.165, 1.54) is 23.2 Å². The van der Waals surface area contributed by atoms with Crippen molar-refractivity contribution in [1.82, 2.24) is 10.6 Å². The number of methoxy groups -OCH3 is 1. The Labute approximate surface area is 120 Å². The number of fused-ring (bicyclic) bond motifs is 1. The van der Waals surface area contributed by atoms with Crippen molar-refractivity contribution in [2.75, 3.05) is 38.7 Å². The molecule has 20 heavy (non-hydrogen) atoms. The van der Waals surface area contributed by atoms with Crippen LogP contribution in [0.25, 0.3) is 0 Å². The van der Waals surface area contributed by atoms with Gasteiger partial charge in [-0.15, -0.1) is 0 Å². The van der Waals surface area contributed by atoms with E-state index in [4.69, 9.17) is 4.74 Å². The molecule has 5 heteroatoms. The summed E-state index contributed by atoms with van der Waals surface area (Å²) in [4.78, 5) is 11.6. The number of rotatable bonds is 7. The minimum atomic E-state index is -0.000178. The van der Waals surface area contributed by atoms with Gasteiger partial charge in [0.25, 0.3) is 0 Å². The smallest absolute Gasteiger partial charge is 0.234 e. The minimum absolute atomic E-state index is 0.000178. The van der Waals surface area contributed by atoms with Crippen LogP contribution in [0.1, 0.15) is 17.5 Å². The summed E-state index contributed by atoms with van der Waals surface area (Å²) in [6.45, 7) is 3.16. The van der Waals surface area contributed by atoms with Crippen LogP contribution < -0.4 is 16.0 Å². The largest absolute Gasteiger partial charge is 0.385 e. The van der Waals surface area contributed by atoms with Gasteiger partial charge in [0.1, 0.15) is 0 Å². The van der Waals surface area contributed by atoms with Gasteiger partial charge in [0, 0.05) is 32.4 Å². The van der Waals surface area contributed by atoms with E-state index in [1.807, 2.05) is 0 Å². The van der Waals surface area contributed by atoms with E-state index in [2.05, 4.69) is 34.1 Å². The molecule has 0 radical (unpaired) electrons. The van der Waals surface area contributed by atoms with Crippen molar-refractivity contribution < 1.29 is 9.53 Å². The molecule has 1 amide bonds. The first-order valence-corrected chi connectivity index (χ1v) is 7.12. The highest BCUT2D eigenvalue weighted by atomic mass is 16.5. The van der Waals surface area contributed by atoms with Gasteiger partial charge in [-0.2, -0.15) is 0 Å². The highest BCUT2D eigenvalue weighted by molar-refractivity contribution is 5.78. The fourth-order valence-electron chi connectivity index (χ4n) is 2.39. The van der Waals surface area contributed by atoms with E-state index in [0.29, 0.717) is 26.2 Å². The predicted molar refractivity (Wildman–Crippen MR) is 79.8 cm³/mol. The molecular formula is C15H23N3O2. The van der Waals surface area contributed by atoms with Crippen molar-refractivity contribution in [2.24, 2.45) is 0 Å². The number of hydrogen-bond donors (Lipinski definition) is 3. The zero-order valence-corrected chi connectivity index (χ0v) is 12.0. The van der Waals surface area contributed by atoms with Crippen LogP contribution in [0, 0.1) is 0 Å². The maximum absolute atomic E-state index is 11.6. The number of carbonyl (C=O) groups excluding carboxylic acids is 1. The number of nitrogens with one attached hydrogen (secondary N) is 3. The molecule has 1 aromatic rings. The van der Waals surface area contributed by atoms with E-state index < -0.39 is 0 Å². The fourth-order valence-corrected chi connectivity index (χ4v) is 2.39. The van der Waals surface area contributed by atoms with Crippen LogP contribution in [0.4, 0.5) is 5.69 Å². The van der Waals surface area contributed by atoms with E-state index >= 15 is 0 Å². The third-order valence-electron chi connectivity index (χ3n) is 3.39. The summed E-state index contributed by atoms with van der Waals surface area (Å²) in [5, 5.41) is 9.43.